The van der Waals surface area contributed by atoms with Crippen molar-refractivity contribution in [3.05, 3.63) is 92.4 Å². The number of amides is 1. The Morgan fingerprint density at radius 3 is 2.27 bits per heavy atom. The quantitative estimate of drug-likeness (QED) is 0.163. The number of hydrogen-bond donors (Lipinski definition) is 2. The fourth-order valence-corrected chi connectivity index (χ4v) is 5.97. The van der Waals surface area contributed by atoms with E-state index in [0.717, 1.165) is 55.0 Å². The number of nitrogens with one attached hydrogen (secondary N) is 1. The molecule has 0 saturated heterocycles. The highest BCUT2D eigenvalue weighted by Crippen LogP contribution is 2.24. The highest BCUT2D eigenvalue weighted by atomic mass is 16.2. The van der Waals surface area contributed by atoms with Crippen molar-refractivity contribution in [2.24, 2.45) is 5.73 Å². The average molecular weight is 616 g/mol. The second kappa shape index (κ2) is 16.3. The van der Waals surface area contributed by atoms with E-state index in [0.29, 0.717) is 56.5 Å². The van der Waals surface area contributed by atoms with E-state index < -0.39 is 0 Å². The van der Waals surface area contributed by atoms with Gasteiger partial charge in [0.2, 0.25) is 5.91 Å². The summed E-state index contributed by atoms with van der Waals surface area (Å²) in [5.74, 6) is 0.756. The third-order valence-electron chi connectivity index (χ3n) is 8.47. The van der Waals surface area contributed by atoms with Gasteiger partial charge < -0.3 is 15.6 Å². The Labute approximate surface area is 265 Å². The van der Waals surface area contributed by atoms with Crippen LogP contribution in [0.2, 0.25) is 0 Å². The van der Waals surface area contributed by atoms with E-state index in [1.807, 2.05) is 54.0 Å². The molecule has 1 amide bonds. The zero-order chi connectivity index (χ0) is 32.3. The number of nitrogens with two attached hydrogens (primary N) is 1. The van der Waals surface area contributed by atoms with E-state index in [1.54, 1.807) is 4.57 Å². The first kappa shape index (κ1) is 33.9. The summed E-state index contributed by atoms with van der Waals surface area (Å²) < 4.78 is 5.09. The summed E-state index contributed by atoms with van der Waals surface area (Å²) in [4.78, 5) is 47.4. The Kier molecular flexibility index (Phi) is 12.3. The largest absolute Gasteiger partial charge is 0.332 e. The number of benzene rings is 2. The lowest BCUT2D eigenvalue weighted by atomic mass is 10.1. The van der Waals surface area contributed by atoms with Crippen molar-refractivity contribution >= 4 is 22.8 Å². The molecule has 10 nitrogen and oxygen atoms in total. The van der Waals surface area contributed by atoms with Crippen molar-refractivity contribution < 1.29 is 4.79 Å². The minimum atomic E-state index is -0.334. The van der Waals surface area contributed by atoms with E-state index in [4.69, 9.17) is 10.7 Å². The molecule has 45 heavy (non-hydrogen) atoms. The molecule has 0 fully saturated rings. The molecule has 0 aliphatic carbocycles. The fraction of sp³-hybridized carbons (Fsp3) is 0.486. The second-order valence-corrected chi connectivity index (χ2v) is 11.6. The Balaban J connectivity index is 1.70. The number of anilines is 1. The van der Waals surface area contributed by atoms with Crippen molar-refractivity contribution in [1.82, 2.24) is 23.6 Å². The van der Waals surface area contributed by atoms with E-state index in [-0.39, 0.29) is 23.3 Å². The van der Waals surface area contributed by atoms with Crippen molar-refractivity contribution in [3.63, 3.8) is 0 Å². The van der Waals surface area contributed by atoms with Crippen LogP contribution in [0.1, 0.15) is 82.9 Å². The maximum atomic E-state index is 14.0. The number of imidazole rings is 1. The van der Waals surface area contributed by atoms with E-state index in [2.05, 4.69) is 43.1 Å². The molecule has 10 heteroatoms. The summed E-state index contributed by atoms with van der Waals surface area (Å²) in [5, 5.41) is 2.96. The molecule has 4 rings (SSSR count). The van der Waals surface area contributed by atoms with Crippen molar-refractivity contribution in [2.75, 3.05) is 25.0 Å². The smallest absolute Gasteiger partial charge is 0.330 e. The number of nitrogens with zero attached hydrogens (tertiary/aromatic N) is 5. The van der Waals surface area contributed by atoms with Gasteiger partial charge in [-0.05, 0) is 75.5 Å². The van der Waals surface area contributed by atoms with Crippen LogP contribution in [0.25, 0.3) is 11.2 Å². The number of carbonyl (C=O) groups excluding carboxylic acids is 1. The summed E-state index contributed by atoms with van der Waals surface area (Å²) >= 11 is 0. The summed E-state index contributed by atoms with van der Waals surface area (Å²) in [6, 6.07) is 17.8. The lowest BCUT2D eigenvalue weighted by Gasteiger charge is -2.29. The number of aromatic nitrogens is 4. The van der Waals surface area contributed by atoms with E-state index in [1.165, 1.54) is 4.57 Å². The van der Waals surface area contributed by atoms with Gasteiger partial charge in [-0.25, -0.2) is 9.78 Å². The minimum absolute atomic E-state index is 0.00673. The van der Waals surface area contributed by atoms with Crippen LogP contribution in [0.3, 0.4) is 0 Å². The monoisotopic (exact) mass is 615 g/mol. The molecule has 242 valence electrons. The molecule has 0 saturated carbocycles. The molecule has 2 heterocycles. The van der Waals surface area contributed by atoms with Gasteiger partial charge in [0.15, 0.2) is 11.2 Å². The van der Waals surface area contributed by atoms with Gasteiger partial charge in [-0.15, -0.1) is 0 Å². The fourth-order valence-electron chi connectivity index (χ4n) is 5.97. The maximum Gasteiger partial charge on any atom is 0.332 e. The summed E-state index contributed by atoms with van der Waals surface area (Å²) in [7, 11) is 0. The molecule has 1 unspecified atom stereocenters. The van der Waals surface area contributed by atoms with Crippen LogP contribution < -0.4 is 22.3 Å². The van der Waals surface area contributed by atoms with Gasteiger partial charge >= 0.3 is 5.69 Å². The van der Waals surface area contributed by atoms with Gasteiger partial charge in [-0.2, -0.15) is 0 Å². The zero-order valence-corrected chi connectivity index (χ0v) is 27.3. The van der Waals surface area contributed by atoms with Crippen LogP contribution in [0.15, 0.2) is 64.2 Å². The number of rotatable bonds is 17. The van der Waals surface area contributed by atoms with Gasteiger partial charge in [0.05, 0.1) is 6.17 Å². The number of carbonyl (C=O) groups is 1. The van der Waals surface area contributed by atoms with Crippen LogP contribution >= 0.6 is 0 Å². The number of hydrogen-bond acceptors (Lipinski definition) is 6. The first-order chi connectivity index (χ1) is 21.8. The van der Waals surface area contributed by atoms with Crippen LogP contribution in [-0.4, -0.2) is 49.1 Å². The topological polar surface area (TPSA) is 120 Å². The van der Waals surface area contributed by atoms with Crippen LogP contribution in [0.5, 0.6) is 0 Å². The van der Waals surface area contributed by atoms with Crippen LogP contribution in [0, 0.1) is 0 Å². The predicted molar refractivity (Wildman–Crippen MR) is 182 cm³/mol. The van der Waals surface area contributed by atoms with Gasteiger partial charge in [0, 0.05) is 31.6 Å². The van der Waals surface area contributed by atoms with Gasteiger partial charge in [-0.3, -0.25) is 23.6 Å². The first-order valence-corrected chi connectivity index (χ1v) is 16.4. The third kappa shape index (κ3) is 8.18. The number of aryl methyl sites for hydroxylation is 2. The number of fused-ring (bicyclic) bond motifs is 1. The summed E-state index contributed by atoms with van der Waals surface area (Å²) in [6.45, 7) is 11.3. The molecule has 2 aromatic carbocycles. The Morgan fingerprint density at radius 2 is 1.62 bits per heavy atom. The van der Waals surface area contributed by atoms with Crippen molar-refractivity contribution in [3.8, 4) is 0 Å². The second-order valence-electron chi connectivity index (χ2n) is 11.6. The van der Waals surface area contributed by atoms with Gasteiger partial charge in [0.1, 0.15) is 5.82 Å². The molecular weight excluding hydrogens is 566 g/mol. The van der Waals surface area contributed by atoms with Crippen LogP contribution in [0.4, 0.5) is 5.69 Å². The normalized spacial score (nSPS) is 12.2. The van der Waals surface area contributed by atoms with Gasteiger partial charge in [0.25, 0.3) is 5.56 Å². The van der Waals surface area contributed by atoms with E-state index >= 15 is 0 Å². The molecular formula is C35H49N7O3. The molecule has 1 atom stereocenters. The molecule has 0 aliphatic heterocycles. The summed E-state index contributed by atoms with van der Waals surface area (Å²) in [6.07, 6.45) is 4.82. The van der Waals surface area contributed by atoms with Crippen molar-refractivity contribution in [1.29, 1.82) is 0 Å². The lowest BCUT2D eigenvalue weighted by molar-refractivity contribution is -0.116. The SMILES string of the molecule is CCCn1c(=O)c2c(nc(Cc3ccccc3)n2C(C)N(CC)CC)n(CCc2ccc(NC(=O)CCCCCN)cc2)c1=O. The lowest BCUT2D eigenvalue weighted by Crippen LogP contribution is -2.41. The molecule has 0 aliphatic rings. The number of unbranched alkanes of at least 4 members (excludes halogenated alkanes) is 2. The standard InChI is InChI=1S/C35H49N7O3/c1-5-23-41-34(44)32-33(38-30(25-28-14-10-8-11-15-28)42(32)26(4)39(6-2)7-3)40(35(41)45)24-21-27-17-19-29(20-18-27)37-31(43)16-12-9-13-22-36/h8,10-11,14-15,17-20,26H,5-7,9,12-13,16,21-25,36H2,1-4H3,(H,37,43). The van der Waals surface area contributed by atoms with Crippen LogP contribution in [-0.2, 0) is 30.7 Å². The minimum Gasteiger partial charge on any atom is -0.330 e. The molecule has 4 aromatic rings. The third-order valence-corrected chi connectivity index (χ3v) is 8.47. The molecule has 0 bridgehead atoms. The molecule has 3 N–H and O–H groups in total. The highest BCUT2D eigenvalue weighted by Gasteiger charge is 2.26. The Morgan fingerprint density at radius 1 is 0.911 bits per heavy atom. The Bertz CT molecular complexity index is 1650. The first-order valence-electron chi connectivity index (χ1n) is 16.4. The molecule has 2 aromatic heterocycles. The summed E-state index contributed by atoms with van der Waals surface area (Å²) in [5.41, 5.74) is 8.67. The maximum absolute atomic E-state index is 14.0. The van der Waals surface area contributed by atoms with E-state index in [9.17, 15) is 14.4 Å². The molecule has 0 radical (unpaired) electrons. The predicted octanol–water partition coefficient (Wildman–Crippen LogP) is 4.92. The van der Waals surface area contributed by atoms with Crippen molar-refractivity contribution in [2.45, 2.75) is 91.9 Å². The highest BCUT2D eigenvalue weighted by molar-refractivity contribution is 5.90. The molecule has 0 spiro atoms. The Hall–Kier alpha value is -4.02. The van der Waals surface area contributed by atoms with Gasteiger partial charge in [-0.1, -0.05) is 69.7 Å². The average Bonchev–Trinajstić information content (AvgIpc) is 3.42. The zero-order valence-electron chi connectivity index (χ0n) is 27.3.